The van der Waals surface area contributed by atoms with E-state index in [-0.39, 0.29) is 21.2 Å². The zero-order valence-electron chi connectivity index (χ0n) is 10.9. The van der Waals surface area contributed by atoms with Gasteiger partial charge in [0.25, 0.3) is 0 Å². The van der Waals surface area contributed by atoms with E-state index in [0.717, 1.165) is 0 Å². The van der Waals surface area contributed by atoms with Gasteiger partial charge < -0.3 is 0 Å². The van der Waals surface area contributed by atoms with E-state index in [2.05, 4.69) is 30.2 Å². The second-order valence-electron chi connectivity index (χ2n) is 5.12. The van der Waals surface area contributed by atoms with Gasteiger partial charge in [0.15, 0.2) is 0 Å². The molecule has 0 unspecified atom stereocenters. The van der Waals surface area contributed by atoms with Gasteiger partial charge in [0, 0.05) is 21.9 Å². The summed E-state index contributed by atoms with van der Waals surface area (Å²) in [6.07, 6.45) is 1.66. The number of hydrogen-bond donors (Lipinski definition) is 0. The number of pyridine rings is 1. The Kier molecular flexibility index (Phi) is 4.11. The molecular weight excluding hydrogens is 283 g/mol. The van der Waals surface area contributed by atoms with Crippen molar-refractivity contribution in [1.82, 2.24) is 4.98 Å². The van der Waals surface area contributed by atoms with Crippen LogP contribution in [0.15, 0.2) is 28.7 Å². The van der Waals surface area contributed by atoms with Gasteiger partial charge in [-0.2, -0.15) is 0 Å². The van der Waals surface area contributed by atoms with Crippen LogP contribution in [-0.4, -0.2) is 15.9 Å². The summed E-state index contributed by atoms with van der Waals surface area (Å²) in [6.45, 7) is 6.22. The minimum Gasteiger partial charge on any atom is -0.232 e. The molecule has 1 aromatic heterocycles. The van der Waals surface area contributed by atoms with E-state index in [1.165, 1.54) is 18.0 Å². The first-order valence-electron chi connectivity index (χ1n) is 5.83. The van der Waals surface area contributed by atoms with Crippen LogP contribution in [-0.2, 0) is 0 Å². The molecule has 5 heteroatoms. The second kappa shape index (κ2) is 5.47. The first-order chi connectivity index (χ1) is 8.87. The van der Waals surface area contributed by atoms with Gasteiger partial charge in [0.05, 0.1) is 0 Å². The van der Waals surface area contributed by atoms with Gasteiger partial charge in [-0.3, -0.25) is 0 Å². The number of hydrogen-bond acceptors (Lipinski definition) is 3. The van der Waals surface area contributed by atoms with Crippen LogP contribution in [0, 0.1) is 5.82 Å². The van der Waals surface area contributed by atoms with Crippen molar-refractivity contribution in [2.75, 3.05) is 0 Å². The van der Waals surface area contributed by atoms with Crippen LogP contribution < -0.4 is 0 Å². The number of fused-ring (bicyclic) bond motifs is 1. The summed E-state index contributed by atoms with van der Waals surface area (Å²) < 4.78 is 17.9. The Bertz CT molecular complexity index is 635. The van der Waals surface area contributed by atoms with Crippen molar-refractivity contribution >= 4 is 40.7 Å². The van der Waals surface area contributed by atoms with Crippen molar-refractivity contribution in [2.24, 2.45) is 4.40 Å². The van der Waals surface area contributed by atoms with Gasteiger partial charge in [0.1, 0.15) is 16.5 Å². The molecule has 1 aromatic carbocycles. The summed E-state index contributed by atoms with van der Waals surface area (Å²) in [5.74, 6) is -0.369. The molecule has 0 saturated carbocycles. The summed E-state index contributed by atoms with van der Waals surface area (Å²) in [7, 11) is 0. The van der Waals surface area contributed by atoms with E-state index in [4.69, 9.17) is 11.6 Å². The molecule has 0 fully saturated rings. The lowest BCUT2D eigenvalue weighted by Crippen LogP contribution is -2.05. The maximum atomic E-state index is 13.5. The summed E-state index contributed by atoms with van der Waals surface area (Å²) in [5, 5.41) is 0.975. The fourth-order valence-corrected chi connectivity index (χ4v) is 2.16. The Hall–Kier alpha value is -1.13. The fraction of sp³-hybridized carbons (Fsp3) is 0.286. The molecule has 2 rings (SSSR count). The maximum Gasteiger partial charge on any atom is 0.149 e. The standard InChI is InChI=1S/C14H14ClFN2S/c1-14(2,3)19-17-8-10-7-9-5-4-6-11(16)12(9)18-13(10)15/h4-8H,1-3H3/b17-8+. The summed E-state index contributed by atoms with van der Waals surface area (Å²) in [4.78, 5) is 4.08. The molecule has 0 atom stereocenters. The highest BCUT2D eigenvalue weighted by molar-refractivity contribution is 7.99. The van der Waals surface area contributed by atoms with Crippen molar-refractivity contribution in [3.05, 3.63) is 40.8 Å². The molecule has 1 heterocycles. The molecule has 2 nitrogen and oxygen atoms in total. The summed E-state index contributed by atoms with van der Waals surface area (Å²) >= 11 is 7.50. The SMILES string of the molecule is CC(C)(C)S/N=C/c1cc2cccc(F)c2nc1Cl. The van der Waals surface area contributed by atoms with E-state index >= 15 is 0 Å². The van der Waals surface area contributed by atoms with Crippen LogP contribution >= 0.6 is 23.5 Å². The Morgan fingerprint density at radius 2 is 2.11 bits per heavy atom. The Morgan fingerprint density at radius 3 is 2.79 bits per heavy atom. The van der Waals surface area contributed by atoms with E-state index in [0.29, 0.717) is 10.9 Å². The van der Waals surface area contributed by atoms with E-state index in [1.807, 2.05) is 0 Å². The third-order valence-corrected chi connectivity index (χ3v) is 3.36. The predicted molar refractivity (Wildman–Crippen MR) is 81.6 cm³/mol. The number of para-hydroxylation sites is 1. The van der Waals surface area contributed by atoms with E-state index in [1.54, 1.807) is 24.4 Å². The van der Waals surface area contributed by atoms with Gasteiger partial charge in [-0.1, -0.05) is 23.7 Å². The topological polar surface area (TPSA) is 25.2 Å². The molecule has 100 valence electrons. The number of rotatable bonds is 2. The van der Waals surface area contributed by atoms with Gasteiger partial charge in [-0.25, -0.2) is 13.8 Å². The van der Waals surface area contributed by atoms with Gasteiger partial charge in [-0.05, 0) is 44.9 Å². The van der Waals surface area contributed by atoms with Crippen LogP contribution in [0.2, 0.25) is 5.15 Å². The molecule has 0 bridgehead atoms. The third kappa shape index (κ3) is 3.67. The maximum absolute atomic E-state index is 13.5. The third-order valence-electron chi connectivity index (χ3n) is 2.30. The minimum atomic E-state index is -0.369. The molecule has 0 spiro atoms. The summed E-state index contributed by atoms with van der Waals surface area (Å²) in [5.41, 5.74) is 0.977. The molecule has 0 radical (unpaired) electrons. The molecule has 0 aliphatic carbocycles. The zero-order chi connectivity index (χ0) is 14.0. The molecule has 0 amide bonds. The number of halogens is 2. The van der Waals surface area contributed by atoms with Crippen molar-refractivity contribution in [3.8, 4) is 0 Å². The average molecular weight is 297 g/mol. The Labute approximate surface area is 121 Å². The lowest BCUT2D eigenvalue weighted by atomic mass is 10.1. The monoisotopic (exact) mass is 296 g/mol. The zero-order valence-corrected chi connectivity index (χ0v) is 12.5. The predicted octanol–water partition coefficient (Wildman–Crippen LogP) is 4.89. The highest BCUT2D eigenvalue weighted by Gasteiger charge is 2.10. The van der Waals surface area contributed by atoms with Crippen LogP contribution in [0.25, 0.3) is 10.9 Å². The van der Waals surface area contributed by atoms with Crippen molar-refractivity contribution in [2.45, 2.75) is 25.5 Å². The van der Waals surface area contributed by atoms with Crippen LogP contribution in [0.5, 0.6) is 0 Å². The number of aromatic nitrogens is 1. The molecule has 0 saturated heterocycles. The van der Waals surface area contributed by atoms with Crippen LogP contribution in [0.1, 0.15) is 26.3 Å². The van der Waals surface area contributed by atoms with Gasteiger partial charge >= 0.3 is 0 Å². The first kappa shape index (κ1) is 14.3. The Morgan fingerprint density at radius 1 is 1.37 bits per heavy atom. The molecule has 19 heavy (non-hydrogen) atoms. The lowest BCUT2D eigenvalue weighted by Gasteiger charge is -2.12. The smallest absolute Gasteiger partial charge is 0.149 e. The molecule has 0 aliphatic rings. The second-order valence-corrected chi connectivity index (χ2v) is 7.09. The highest BCUT2D eigenvalue weighted by Crippen LogP contribution is 2.25. The van der Waals surface area contributed by atoms with Gasteiger partial charge in [-0.15, -0.1) is 0 Å². The van der Waals surface area contributed by atoms with Crippen molar-refractivity contribution < 1.29 is 4.39 Å². The highest BCUT2D eigenvalue weighted by atomic mass is 35.5. The van der Waals surface area contributed by atoms with E-state index < -0.39 is 0 Å². The molecule has 0 aliphatic heterocycles. The lowest BCUT2D eigenvalue weighted by molar-refractivity contribution is 0.637. The molecule has 0 N–H and O–H groups in total. The number of benzene rings is 1. The summed E-state index contributed by atoms with van der Waals surface area (Å²) in [6, 6.07) is 6.61. The van der Waals surface area contributed by atoms with Gasteiger partial charge in [0.2, 0.25) is 0 Å². The van der Waals surface area contributed by atoms with Crippen molar-refractivity contribution in [3.63, 3.8) is 0 Å². The average Bonchev–Trinajstić information content (AvgIpc) is 2.30. The molecular formula is C14H14ClFN2S. The molecule has 2 aromatic rings. The van der Waals surface area contributed by atoms with Crippen molar-refractivity contribution in [1.29, 1.82) is 0 Å². The minimum absolute atomic E-state index is 0.0410. The Balaban J connectivity index is 2.37. The van der Waals surface area contributed by atoms with Crippen LogP contribution in [0.4, 0.5) is 4.39 Å². The quantitative estimate of drug-likeness (QED) is 0.448. The first-order valence-corrected chi connectivity index (χ1v) is 6.98. The fourth-order valence-electron chi connectivity index (χ4n) is 1.49. The van der Waals surface area contributed by atoms with E-state index in [9.17, 15) is 4.39 Å². The largest absolute Gasteiger partial charge is 0.232 e. The number of nitrogens with zero attached hydrogens (tertiary/aromatic N) is 2. The van der Waals surface area contributed by atoms with Crippen LogP contribution in [0.3, 0.4) is 0 Å². The normalized spacial score (nSPS) is 12.5.